The highest BCUT2D eigenvalue weighted by Crippen LogP contribution is 2.21. The molecule has 7 heteroatoms. The number of nitrogens with two attached hydrogens (primary N) is 1. The average Bonchev–Trinajstić information content (AvgIpc) is 3.10. The van der Waals surface area contributed by atoms with E-state index in [1.807, 2.05) is 0 Å². The van der Waals surface area contributed by atoms with Gasteiger partial charge in [0, 0.05) is 11.7 Å². The molecule has 0 fully saturated rings. The van der Waals surface area contributed by atoms with Crippen LogP contribution in [0.2, 0.25) is 0 Å². The van der Waals surface area contributed by atoms with Crippen LogP contribution in [0.3, 0.4) is 0 Å². The third-order valence-corrected chi connectivity index (χ3v) is 3.33. The third kappa shape index (κ3) is 2.82. The minimum Gasteiger partial charge on any atom is -0.325 e. The van der Waals surface area contributed by atoms with Crippen molar-refractivity contribution in [2.45, 2.75) is 12.5 Å². The Kier molecular flexibility index (Phi) is 3.49. The van der Waals surface area contributed by atoms with Crippen molar-refractivity contribution in [1.29, 1.82) is 0 Å². The molecule has 0 radical (unpaired) electrons. The summed E-state index contributed by atoms with van der Waals surface area (Å²) >= 11 is 0. The SMILES string of the molecule is NC1C=CC(C(=O)Nc2ccc(-n3cncn3)c(F)c2)C1. The van der Waals surface area contributed by atoms with Crippen LogP contribution in [0.5, 0.6) is 0 Å². The van der Waals surface area contributed by atoms with Crippen LogP contribution >= 0.6 is 0 Å². The molecular weight excluding hydrogens is 273 g/mol. The van der Waals surface area contributed by atoms with Gasteiger partial charge in [-0.1, -0.05) is 12.2 Å². The van der Waals surface area contributed by atoms with E-state index in [0.717, 1.165) is 0 Å². The number of benzene rings is 1. The quantitative estimate of drug-likeness (QED) is 0.832. The molecule has 2 aromatic rings. The number of carbonyl (C=O) groups excluding carboxylic acids is 1. The van der Waals surface area contributed by atoms with Gasteiger partial charge in [-0.15, -0.1) is 0 Å². The number of hydrogen-bond acceptors (Lipinski definition) is 4. The zero-order valence-corrected chi connectivity index (χ0v) is 11.1. The van der Waals surface area contributed by atoms with E-state index in [2.05, 4.69) is 15.4 Å². The molecule has 3 rings (SSSR count). The van der Waals surface area contributed by atoms with Crippen LogP contribution in [-0.4, -0.2) is 26.7 Å². The molecule has 0 saturated heterocycles. The summed E-state index contributed by atoms with van der Waals surface area (Å²) in [6.07, 6.45) is 6.89. The van der Waals surface area contributed by atoms with Crippen molar-refractivity contribution in [2.24, 2.45) is 11.7 Å². The number of nitrogens with one attached hydrogen (secondary N) is 1. The molecule has 2 unspecified atom stereocenters. The second kappa shape index (κ2) is 5.45. The van der Waals surface area contributed by atoms with Gasteiger partial charge in [-0.2, -0.15) is 5.10 Å². The van der Waals surface area contributed by atoms with Crippen molar-refractivity contribution < 1.29 is 9.18 Å². The third-order valence-electron chi connectivity index (χ3n) is 3.33. The molecule has 1 aromatic carbocycles. The van der Waals surface area contributed by atoms with E-state index in [4.69, 9.17) is 5.73 Å². The van der Waals surface area contributed by atoms with Crippen LogP contribution in [-0.2, 0) is 4.79 Å². The number of anilines is 1. The summed E-state index contributed by atoms with van der Waals surface area (Å²) < 4.78 is 15.3. The Labute approximate surface area is 120 Å². The first-order valence-corrected chi connectivity index (χ1v) is 6.53. The standard InChI is InChI=1S/C14H14FN5O/c15-12-6-11(3-4-13(12)20-8-17-7-18-20)19-14(21)9-1-2-10(16)5-9/h1-4,6-10H,5,16H2,(H,19,21). The maximum absolute atomic E-state index is 14.0. The molecule has 2 atom stereocenters. The summed E-state index contributed by atoms with van der Waals surface area (Å²) in [6.45, 7) is 0. The zero-order valence-electron chi connectivity index (χ0n) is 11.1. The maximum atomic E-state index is 14.0. The minimum atomic E-state index is -0.489. The van der Waals surface area contributed by atoms with E-state index in [0.29, 0.717) is 12.1 Å². The number of rotatable bonds is 3. The van der Waals surface area contributed by atoms with Gasteiger partial charge in [0.1, 0.15) is 18.3 Å². The molecule has 21 heavy (non-hydrogen) atoms. The van der Waals surface area contributed by atoms with Crippen molar-refractivity contribution in [3.05, 3.63) is 48.8 Å². The van der Waals surface area contributed by atoms with E-state index in [-0.39, 0.29) is 23.6 Å². The monoisotopic (exact) mass is 287 g/mol. The van der Waals surface area contributed by atoms with Gasteiger partial charge >= 0.3 is 0 Å². The van der Waals surface area contributed by atoms with E-state index < -0.39 is 5.82 Å². The summed E-state index contributed by atoms with van der Waals surface area (Å²) in [6, 6.07) is 4.33. The normalized spacial score (nSPS) is 20.7. The Morgan fingerprint density at radius 1 is 1.43 bits per heavy atom. The molecule has 1 heterocycles. The highest BCUT2D eigenvalue weighted by atomic mass is 19.1. The van der Waals surface area contributed by atoms with Crippen LogP contribution in [0.4, 0.5) is 10.1 Å². The molecule has 0 spiro atoms. The van der Waals surface area contributed by atoms with E-state index in [1.165, 1.54) is 29.5 Å². The van der Waals surface area contributed by atoms with E-state index in [1.54, 1.807) is 18.2 Å². The predicted octanol–water partition coefficient (Wildman–Crippen LogP) is 1.25. The summed E-state index contributed by atoms with van der Waals surface area (Å²) in [7, 11) is 0. The lowest BCUT2D eigenvalue weighted by molar-refractivity contribution is -0.118. The largest absolute Gasteiger partial charge is 0.325 e. The second-order valence-corrected chi connectivity index (χ2v) is 4.89. The van der Waals surface area contributed by atoms with Crippen molar-refractivity contribution in [1.82, 2.24) is 14.8 Å². The zero-order chi connectivity index (χ0) is 14.8. The number of aromatic nitrogens is 3. The molecule has 1 aliphatic carbocycles. The van der Waals surface area contributed by atoms with Gasteiger partial charge in [-0.05, 0) is 24.6 Å². The lowest BCUT2D eigenvalue weighted by atomic mass is 10.1. The second-order valence-electron chi connectivity index (χ2n) is 4.89. The number of hydrogen-bond donors (Lipinski definition) is 2. The van der Waals surface area contributed by atoms with Gasteiger partial charge in [-0.25, -0.2) is 14.1 Å². The fraction of sp³-hybridized carbons (Fsp3) is 0.214. The van der Waals surface area contributed by atoms with Crippen molar-refractivity contribution in [3.63, 3.8) is 0 Å². The molecular formula is C14H14FN5O. The molecule has 108 valence electrons. The van der Waals surface area contributed by atoms with Crippen LogP contribution in [0.25, 0.3) is 5.69 Å². The molecule has 6 nitrogen and oxygen atoms in total. The number of nitrogens with zero attached hydrogens (tertiary/aromatic N) is 3. The Balaban J connectivity index is 1.74. The maximum Gasteiger partial charge on any atom is 0.231 e. The fourth-order valence-electron chi connectivity index (χ4n) is 2.26. The fourth-order valence-corrected chi connectivity index (χ4v) is 2.26. The smallest absolute Gasteiger partial charge is 0.231 e. The van der Waals surface area contributed by atoms with Crippen molar-refractivity contribution in [3.8, 4) is 5.69 Å². The van der Waals surface area contributed by atoms with Crippen molar-refractivity contribution >= 4 is 11.6 Å². The molecule has 1 aliphatic rings. The highest BCUT2D eigenvalue weighted by Gasteiger charge is 2.22. The topological polar surface area (TPSA) is 85.8 Å². The van der Waals surface area contributed by atoms with Gasteiger partial charge < -0.3 is 11.1 Å². The Bertz CT molecular complexity index is 683. The summed E-state index contributed by atoms with van der Waals surface area (Å²) in [5.74, 6) is -0.942. The first-order valence-electron chi connectivity index (χ1n) is 6.53. The molecule has 0 aliphatic heterocycles. The lowest BCUT2D eigenvalue weighted by Gasteiger charge is -2.11. The number of halogens is 1. The molecule has 1 aromatic heterocycles. The van der Waals surface area contributed by atoms with Crippen LogP contribution in [0.1, 0.15) is 6.42 Å². The van der Waals surface area contributed by atoms with Gasteiger partial charge in [0.15, 0.2) is 5.82 Å². The Morgan fingerprint density at radius 2 is 2.29 bits per heavy atom. The molecule has 3 N–H and O–H groups in total. The van der Waals surface area contributed by atoms with Gasteiger partial charge in [0.05, 0.1) is 5.92 Å². The number of carbonyl (C=O) groups is 1. The Hall–Kier alpha value is -2.54. The first-order chi connectivity index (χ1) is 10.1. The molecule has 1 amide bonds. The Morgan fingerprint density at radius 3 is 2.90 bits per heavy atom. The summed E-state index contributed by atoms with van der Waals surface area (Å²) in [5, 5.41) is 6.55. The van der Waals surface area contributed by atoms with Crippen LogP contribution < -0.4 is 11.1 Å². The first kappa shape index (κ1) is 13.4. The van der Waals surface area contributed by atoms with Gasteiger partial charge in [0.2, 0.25) is 5.91 Å². The van der Waals surface area contributed by atoms with Crippen LogP contribution in [0.15, 0.2) is 43.0 Å². The van der Waals surface area contributed by atoms with Crippen molar-refractivity contribution in [2.75, 3.05) is 5.32 Å². The molecule has 0 saturated carbocycles. The predicted molar refractivity (Wildman–Crippen MR) is 75.2 cm³/mol. The lowest BCUT2D eigenvalue weighted by Crippen LogP contribution is -2.24. The van der Waals surface area contributed by atoms with Gasteiger partial charge in [-0.3, -0.25) is 4.79 Å². The summed E-state index contributed by atoms with van der Waals surface area (Å²) in [4.78, 5) is 15.8. The van der Waals surface area contributed by atoms with Gasteiger partial charge in [0.25, 0.3) is 0 Å². The van der Waals surface area contributed by atoms with E-state index in [9.17, 15) is 9.18 Å². The van der Waals surface area contributed by atoms with E-state index >= 15 is 0 Å². The summed E-state index contributed by atoms with van der Waals surface area (Å²) in [5.41, 5.74) is 6.38. The minimum absolute atomic E-state index is 0.0906. The highest BCUT2D eigenvalue weighted by molar-refractivity contribution is 5.94. The molecule has 0 bridgehead atoms. The average molecular weight is 287 g/mol. The number of amides is 1. The van der Waals surface area contributed by atoms with Crippen LogP contribution in [0, 0.1) is 11.7 Å².